The lowest BCUT2D eigenvalue weighted by atomic mass is 10.1. The molecule has 1 N–H and O–H groups in total. The minimum absolute atomic E-state index is 0.159. The zero-order valence-corrected chi connectivity index (χ0v) is 14.0. The second kappa shape index (κ2) is 6.63. The van der Waals surface area contributed by atoms with Crippen LogP contribution in [0.3, 0.4) is 0 Å². The van der Waals surface area contributed by atoms with Gasteiger partial charge in [-0.25, -0.2) is 4.79 Å². The van der Waals surface area contributed by atoms with Crippen LogP contribution in [0.5, 0.6) is 0 Å². The number of ether oxygens (including phenoxy) is 1. The van der Waals surface area contributed by atoms with Crippen molar-refractivity contribution < 1.29 is 19.1 Å². The Morgan fingerprint density at radius 2 is 2.08 bits per heavy atom. The monoisotopic (exact) mass is 330 g/mol. The van der Waals surface area contributed by atoms with Gasteiger partial charge in [-0.3, -0.25) is 14.5 Å². The predicted molar refractivity (Wildman–Crippen MR) is 86.9 cm³/mol. The van der Waals surface area contributed by atoms with Crippen molar-refractivity contribution in [2.75, 3.05) is 6.54 Å². The van der Waals surface area contributed by atoms with Crippen LogP contribution in [0.15, 0.2) is 24.3 Å². The fourth-order valence-corrected chi connectivity index (χ4v) is 3.19. The van der Waals surface area contributed by atoms with Crippen molar-refractivity contribution >= 4 is 17.8 Å². The SMILES string of the molecule is CC(C)CCNC(=O)[C@@H]1CCC(=O)N1C1OC(=O)c2ccccc21. The van der Waals surface area contributed by atoms with E-state index in [2.05, 4.69) is 19.2 Å². The van der Waals surface area contributed by atoms with E-state index in [0.29, 0.717) is 36.4 Å². The molecule has 24 heavy (non-hydrogen) atoms. The van der Waals surface area contributed by atoms with Crippen LogP contribution in [0.25, 0.3) is 0 Å². The van der Waals surface area contributed by atoms with Gasteiger partial charge in [-0.15, -0.1) is 0 Å². The normalized spacial score (nSPS) is 22.7. The van der Waals surface area contributed by atoms with E-state index in [9.17, 15) is 14.4 Å². The molecular weight excluding hydrogens is 308 g/mol. The van der Waals surface area contributed by atoms with Gasteiger partial charge in [-0.2, -0.15) is 0 Å². The van der Waals surface area contributed by atoms with Crippen LogP contribution < -0.4 is 5.32 Å². The number of benzene rings is 1. The number of cyclic esters (lactones) is 1. The van der Waals surface area contributed by atoms with Crippen molar-refractivity contribution in [3.05, 3.63) is 35.4 Å². The van der Waals surface area contributed by atoms with E-state index in [0.717, 1.165) is 6.42 Å². The molecule has 0 saturated carbocycles. The Morgan fingerprint density at radius 1 is 1.33 bits per heavy atom. The third-order valence-electron chi connectivity index (χ3n) is 4.50. The molecule has 1 saturated heterocycles. The second-order valence-electron chi connectivity index (χ2n) is 6.67. The summed E-state index contributed by atoms with van der Waals surface area (Å²) < 4.78 is 5.40. The molecular formula is C18H22N2O4. The zero-order chi connectivity index (χ0) is 17.3. The summed E-state index contributed by atoms with van der Waals surface area (Å²) in [6.45, 7) is 4.76. The molecule has 2 heterocycles. The lowest BCUT2D eigenvalue weighted by Crippen LogP contribution is -2.46. The molecule has 6 heteroatoms. The number of esters is 1. The topological polar surface area (TPSA) is 75.7 Å². The van der Waals surface area contributed by atoms with Crippen LogP contribution in [0, 0.1) is 5.92 Å². The Morgan fingerprint density at radius 3 is 2.83 bits per heavy atom. The number of hydrogen-bond donors (Lipinski definition) is 1. The van der Waals surface area contributed by atoms with Gasteiger partial charge in [0.15, 0.2) is 0 Å². The molecule has 2 aliphatic rings. The highest BCUT2D eigenvalue weighted by molar-refractivity contribution is 5.96. The number of nitrogens with one attached hydrogen (secondary N) is 1. The van der Waals surface area contributed by atoms with E-state index in [1.165, 1.54) is 4.90 Å². The first-order valence-electron chi connectivity index (χ1n) is 8.38. The quantitative estimate of drug-likeness (QED) is 0.838. The van der Waals surface area contributed by atoms with Gasteiger partial charge >= 0.3 is 5.97 Å². The Labute approximate surface area is 141 Å². The molecule has 1 aromatic rings. The number of amides is 2. The number of fused-ring (bicyclic) bond motifs is 1. The van der Waals surface area contributed by atoms with Crippen molar-refractivity contribution in [3.8, 4) is 0 Å². The van der Waals surface area contributed by atoms with Crippen molar-refractivity contribution in [2.24, 2.45) is 5.92 Å². The van der Waals surface area contributed by atoms with Crippen molar-refractivity contribution in [2.45, 2.75) is 45.4 Å². The Balaban J connectivity index is 1.77. The number of hydrogen-bond acceptors (Lipinski definition) is 4. The number of carbonyl (C=O) groups excluding carboxylic acids is 3. The molecule has 2 aliphatic heterocycles. The maximum absolute atomic E-state index is 12.5. The summed E-state index contributed by atoms with van der Waals surface area (Å²) in [6.07, 6.45) is 0.818. The standard InChI is InChI=1S/C18H22N2O4/c1-11(2)9-10-19-16(22)14-7-8-15(21)20(14)17-12-5-3-4-6-13(12)18(23)24-17/h3-6,11,14,17H,7-10H2,1-2H3,(H,19,22)/t14-,17?/m0/s1. The number of carbonyl (C=O) groups is 3. The maximum atomic E-state index is 12.5. The summed E-state index contributed by atoms with van der Waals surface area (Å²) in [5, 5.41) is 2.89. The summed E-state index contributed by atoms with van der Waals surface area (Å²) in [5.74, 6) is -0.293. The van der Waals surface area contributed by atoms with Crippen LogP contribution in [-0.4, -0.2) is 35.3 Å². The molecule has 1 aromatic carbocycles. The summed E-state index contributed by atoms with van der Waals surface area (Å²) in [7, 11) is 0. The fraction of sp³-hybridized carbons (Fsp3) is 0.500. The summed E-state index contributed by atoms with van der Waals surface area (Å²) in [4.78, 5) is 38.2. The van der Waals surface area contributed by atoms with Crippen molar-refractivity contribution in [3.63, 3.8) is 0 Å². The van der Waals surface area contributed by atoms with Gasteiger partial charge in [-0.1, -0.05) is 32.0 Å². The van der Waals surface area contributed by atoms with Crippen LogP contribution in [0.2, 0.25) is 0 Å². The van der Waals surface area contributed by atoms with E-state index >= 15 is 0 Å². The Hall–Kier alpha value is -2.37. The van der Waals surface area contributed by atoms with Crippen molar-refractivity contribution in [1.82, 2.24) is 10.2 Å². The third-order valence-corrected chi connectivity index (χ3v) is 4.50. The first-order chi connectivity index (χ1) is 11.5. The van der Waals surface area contributed by atoms with Crippen LogP contribution in [0.1, 0.15) is 55.3 Å². The minimum atomic E-state index is -0.801. The average molecular weight is 330 g/mol. The molecule has 0 aromatic heterocycles. The van der Waals surface area contributed by atoms with E-state index in [1.807, 2.05) is 0 Å². The highest BCUT2D eigenvalue weighted by Crippen LogP contribution is 2.38. The lowest BCUT2D eigenvalue weighted by Gasteiger charge is -2.29. The van der Waals surface area contributed by atoms with Gasteiger partial charge in [-0.05, 0) is 24.8 Å². The fourth-order valence-electron chi connectivity index (χ4n) is 3.19. The molecule has 128 valence electrons. The predicted octanol–water partition coefficient (Wildman–Crippen LogP) is 2.01. The molecule has 0 aliphatic carbocycles. The summed E-state index contributed by atoms with van der Waals surface area (Å²) >= 11 is 0. The number of rotatable bonds is 5. The van der Waals surface area contributed by atoms with Gasteiger partial charge in [0.05, 0.1) is 5.56 Å². The van der Waals surface area contributed by atoms with Gasteiger partial charge in [0, 0.05) is 18.5 Å². The first-order valence-corrected chi connectivity index (χ1v) is 8.38. The summed E-state index contributed by atoms with van der Waals surface area (Å²) in [6, 6.07) is 6.41. The number of nitrogens with zero attached hydrogens (tertiary/aromatic N) is 1. The number of likely N-dealkylation sites (tertiary alicyclic amines) is 1. The third kappa shape index (κ3) is 3.00. The van der Waals surface area contributed by atoms with E-state index < -0.39 is 18.2 Å². The molecule has 0 spiro atoms. The molecule has 2 atom stereocenters. The van der Waals surface area contributed by atoms with Crippen LogP contribution in [0.4, 0.5) is 0 Å². The van der Waals surface area contributed by atoms with Crippen LogP contribution in [-0.2, 0) is 14.3 Å². The largest absolute Gasteiger partial charge is 0.433 e. The van der Waals surface area contributed by atoms with E-state index in [4.69, 9.17) is 4.74 Å². The summed E-state index contributed by atoms with van der Waals surface area (Å²) in [5.41, 5.74) is 1.11. The molecule has 0 radical (unpaired) electrons. The maximum Gasteiger partial charge on any atom is 0.340 e. The van der Waals surface area contributed by atoms with Gasteiger partial charge in [0.2, 0.25) is 18.0 Å². The molecule has 1 fully saturated rings. The van der Waals surface area contributed by atoms with Gasteiger partial charge in [0.25, 0.3) is 0 Å². The van der Waals surface area contributed by atoms with E-state index in [-0.39, 0.29) is 11.8 Å². The van der Waals surface area contributed by atoms with Gasteiger partial charge in [0.1, 0.15) is 6.04 Å². The lowest BCUT2D eigenvalue weighted by molar-refractivity contribution is -0.145. The minimum Gasteiger partial charge on any atom is -0.433 e. The highest BCUT2D eigenvalue weighted by atomic mass is 16.6. The molecule has 1 unspecified atom stereocenters. The zero-order valence-electron chi connectivity index (χ0n) is 14.0. The molecule has 0 bridgehead atoms. The molecule has 6 nitrogen and oxygen atoms in total. The molecule has 2 amide bonds. The van der Waals surface area contributed by atoms with Gasteiger partial charge < -0.3 is 10.1 Å². The van der Waals surface area contributed by atoms with Crippen LogP contribution >= 0.6 is 0 Å². The first kappa shape index (κ1) is 16.5. The molecule has 3 rings (SSSR count). The highest BCUT2D eigenvalue weighted by Gasteiger charge is 2.46. The smallest absolute Gasteiger partial charge is 0.340 e. The van der Waals surface area contributed by atoms with Crippen molar-refractivity contribution in [1.29, 1.82) is 0 Å². The van der Waals surface area contributed by atoms with E-state index in [1.54, 1.807) is 24.3 Å². The Kier molecular flexibility index (Phi) is 4.55. The second-order valence-corrected chi connectivity index (χ2v) is 6.67. The Bertz CT molecular complexity index is 671. The average Bonchev–Trinajstić information content (AvgIpc) is 3.08.